The zero-order chi connectivity index (χ0) is 17.1. The second kappa shape index (κ2) is 6.65. The lowest BCUT2D eigenvalue weighted by Crippen LogP contribution is -2.33. The highest BCUT2D eigenvalue weighted by atomic mass is 16.5. The summed E-state index contributed by atoms with van der Waals surface area (Å²) >= 11 is 0. The summed E-state index contributed by atoms with van der Waals surface area (Å²) in [5.74, 6) is 0.569. The molecule has 1 saturated heterocycles. The Hall–Kier alpha value is -2.97. The third-order valence-corrected chi connectivity index (χ3v) is 3.72. The van der Waals surface area contributed by atoms with Crippen LogP contribution in [0.4, 0.5) is 0 Å². The average molecular weight is 331 g/mol. The fourth-order valence-electron chi connectivity index (χ4n) is 2.44. The van der Waals surface area contributed by atoms with Gasteiger partial charge in [0.25, 0.3) is 11.5 Å². The van der Waals surface area contributed by atoms with Crippen molar-refractivity contribution < 1.29 is 14.3 Å². The molecule has 9 heteroatoms. The number of aryl methyl sites for hydroxylation is 1. The summed E-state index contributed by atoms with van der Waals surface area (Å²) in [5, 5.41) is 11.7. The minimum absolute atomic E-state index is 0.163. The SMILES string of the molecule is COc1ccc(O[C@H]2CCN(C(=O)c3ccc(=O)n(C)n3)C2)nn1. The van der Waals surface area contributed by atoms with Crippen LogP contribution >= 0.6 is 0 Å². The number of rotatable bonds is 4. The minimum atomic E-state index is -0.257. The van der Waals surface area contributed by atoms with Gasteiger partial charge >= 0.3 is 0 Å². The molecule has 1 amide bonds. The Morgan fingerprint density at radius 2 is 1.96 bits per heavy atom. The van der Waals surface area contributed by atoms with Crippen molar-refractivity contribution in [3.63, 3.8) is 0 Å². The van der Waals surface area contributed by atoms with Gasteiger partial charge in [0.2, 0.25) is 11.8 Å². The number of nitrogens with zero attached hydrogens (tertiary/aromatic N) is 5. The van der Waals surface area contributed by atoms with Gasteiger partial charge in [-0.15, -0.1) is 10.2 Å². The van der Waals surface area contributed by atoms with Crippen LogP contribution in [0.15, 0.2) is 29.1 Å². The molecule has 0 radical (unpaired) electrons. The van der Waals surface area contributed by atoms with Crippen LogP contribution in [0, 0.1) is 0 Å². The molecule has 0 unspecified atom stereocenters. The Bertz CT molecular complexity index is 789. The van der Waals surface area contributed by atoms with Crippen molar-refractivity contribution in [3.8, 4) is 11.8 Å². The Kier molecular flexibility index (Phi) is 4.41. The first kappa shape index (κ1) is 15.9. The zero-order valence-corrected chi connectivity index (χ0v) is 13.4. The highest BCUT2D eigenvalue weighted by Crippen LogP contribution is 2.18. The average Bonchev–Trinajstić information content (AvgIpc) is 3.06. The van der Waals surface area contributed by atoms with Gasteiger partial charge < -0.3 is 14.4 Å². The predicted octanol–water partition coefficient (Wildman–Crippen LogP) is -0.128. The van der Waals surface area contributed by atoms with Crippen molar-refractivity contribution >= 4 is 5.91 Å². The van der Waals surface area contributed by atoms with E-state index in [4.69, 9.17) is 9.47 Å². The Morgan fingerprint density at radius 1 is 1.21 bits per heavy atom. The number of likely N-dealkylation sites (tertiary alicyclic amines) is 1. The van der Waals surface area contributed by atoms with Crippen LogP contribution in [-0.4, -0.2) is 57.1 Å². The lowest BCUT2D eigenvalue weighted by atomic mass is 10.3. The highest BCUT2D eigenvalue weighted by Gasteiger charge is 2.29. The van der Waals surface area contributed by atoms with E-state index in [0.717, 1.165) is 4.68 Å². The van der Waals surface area contributed by atoms with Gasteiger partial charge in [-0.25, -0.2) is 4.68 Å². The lowest BCUT2D eigenvalue weighted by molar-refractivity contribution is 0.0762. The van der Waals surface area contributed by atoms with Gasteiger partial charge in [0.05, 0.1) is 13.7 Å². The van der Waals surface area contributed by atoms with E-state index >= 15 is 0 Å². The molecule has 0 saturated carbocycles. The molecule has 2 aromatic rings. The summed E-state index contributed by atoms with van der Waals surface area (Å²) in [6.07, 6.45) is 0.523. The molecule has 1 aliphatic rings. The van der Waals surface area contributed by atoms with Crippen molar-refractivity contribution in [2.45, 2.75) is 12.5 Å². The van der Waals surface area contributed by atoms with Gasteiger partial charge in [0.1, 0.15) is 11.8 Å². The maximum absolute atomic E-state index is 12.4. The van der Waals surface area contributed by atoms with E-state index in [1.807, 2.05) is 0 Å². The summed E-state index contributed by atoms with van der Waals surface area (Å²) in [7, 11) is 3.02. The number of carbonyl (C=O) groups excluding carboxylic acids is 1. The van der Waals surface area contributed by atoms with Crippen molar-refractivity contribution in [1.29, 1.82) is 0 Å². The predicted molar refractivity (Wildman–Crippen MR) is 83.0 cm³/mol. The van der Waals surface area contributed by atoms with Crippen molar-refractivity contribution in [2.24, 2.45) is 7.05 Å². The highest BCUT2D eigenvalue weighted by molar-refractivity contribution is 5.92. The summed E-state index contributed by atoms with van der Waals surface area (Å²) in [6, 6.07) is 6.10. The maximum Gasteiger partial charge on any atom is 0.274 e. The number of ether oxygens (including phenoxy) is 2. The van der Waals surface area contributed by atoms with Gasteiger partial charge in [0, 0.05) is 38.2 Å². The van der Waals surface area contributed by atoms with Crippen LogP contribution in [0.2, 0.25) is 0 Å². The lowest BCUT2D eigenvalue weighted by Gasteiger charge is -2.16. The quantitative estimate of drug-likeness (QED) is 0.769. The molecular formula is C15H17N5O4. The normalized spacial score (nSPS) is 16.9. The molecular weight excluding hydrogens is 314 g/mol. The smallest absolute Gasteiger partial charge is 0.274 e. The van der Waals surface area contributed by atoms with Crippen LogP contribution in [0.1, 0.15) is 16.9 Å². The van der Waals surface area contributed by atoms with E-state index in [-0.39, 0.29) is 23.3 Å². The molecule has 3 heterocycles. The van der Waals surface area contributed by atoms with E-state index in [9.17, 15) is 9.59 Å². The molecule has 0 spiro atoms. The minimum Gasteiger partial charge on any atom is -0.480 e. The summed E-state index contributed by atoms with van der Waals surface area (Å²) in [6.45, 7) is 0.981. The molecule has 2 aromatic heterocycles. The Morgan fingerprint density at radius 3 is 2.62 bits per heavy atom. The van der Waals surface area contributed by atoms with E-state index in [1.165, 1.54) is 26.3 Å². The van der Waals surface area contributed by atoms with Gasteiger partial charge in [0.15, 0.2) is 0 Å². The molecule has 126 valence electrons. The first-order valence-electron chi connectivity index (χ1n) is 7.45. The summed E-state index contributed by atoms with van der Waals surface area (Å²) < 4.78 is 11.8. The standard InChI is InChI=1S/C15H17N5O4/c1-19-14(21)6-3-11(18-19)15(22)20-8-7-10(9-20)24-13-5-4-12(23-2)16-17-13/h3-6,10H,7-9H2,1-2H3/t10-/m0/s1. The second-order valence-electron chi connectivity index (χ2n) is 5.37. The van der Waals surface area contributed by atoms with Crippen molar-refractivity contribution in [3.05, 3.63) is 40.3 Å². The zero-order valence-electron chi connectivity index (χ0n) is 13.4. The van der Waals surface area contributed by atoms with Crippen LogP contribution < -0.4 is 15.0 Å². The van der Waals surface area contributed by atoms with Gasteiger partial charge in [-0.05, 0) is 6.07 Å². The Balaban J connectivity index is 1.62. The molecule has 0 bridgehead atoms. The van der Waals surface area contributed by atoms with Gasteiger partial charge in [-0.3, -0.25) is 9.59 Å². The third-order valence-electron chi connectivity index (χ3n) is 3.72. The largest absolute Gasteiger partial charge is 0.480 e. The first-order chi connectivity index (χ1) is 11.6. The molecule has 0 aliphatic carbocycles. The summed E-state index contributed by atoms with van der Waals surface area (Å²) in [5.41, 5.74) is -0.0192. The molecule has 0 aromatic carbocycles. The van der Waals surface area contributed by atoms with E-state index in [0.29, 0.717) is 31.3 Å². The van der Waals surface area contributed by atoms with E-state index < -0.39 is 0 Å². The van der Waals surface area contributed by atoms with Crippen LogP contribution in [0.3, 0.4) is 0 Å². The Labute approximate surface area is 137 Å². The molecule has 1 atom stereocenters. The third kappa shape index (κ3) is 3.34. The van der Waals surface area contributed by atoms with Crippen molar-refractivity contribution in [2.75, 3.05) is 20.2 Å². The van der Waals surface area contributed by atoms with Gasteiger partial charge in [-0.1, -0.05) is 0 Å². The van der Waals surface area contributed by atoms with Crippen molar-refractivity contribution in [1.82, 2.24) is 24.9 Å². The van der Waals surface area contributed by atoms with Gasteiger partial charge in [-0.2, -0.15) is 5.10 Å². The number of methoxy groups -OCH3 is 1. The number of hydrogen-bond acceptors (Lipinski definition) is 7. The van der Waals surface area contributed by atoms with E-state index in [2.05, 4.69) is 15.3 Å². The topological polar surface area (TPSA) is 99.4 Å². The number of carbonyl (C=O) groups is 1. The number of hydrogen-bond donors (Lipinski definition) is 0. The molecule has 1 fully saturated rings. The summed E-state index contributed by atoms with van der Waals surface area (Å²) in [4.78, 5) is 25.4. The fraction of sp³-hybridized carbons (Fsp3) is 0.400. The molecule has 0 N–H and O–H groups in total. The molecule has 24 heavy (non-hydrogen) atoms. The van der Waals surface area contributed by atoms with Crippen LogP contribution in [0.25, 0.3) is 0 Å². The van der Waals surface area contributed by atoms with E-state index in [1.54, 1.807) is 17.0 Å². The monoisotopic (exact) mass is 331 g/mol. The first-order valence-corrected chi connectivity index (χ1v) is 7.45. The number of aromatic nitrogens is 4. The maximum atomic E-state index is 12.4. The molecule has 9 nitrogen and oxygen atoms in total. The fourth-order valence-corrected chi connectivity index (χ4v) is 2.44. The molecule has 1 aliphatic heterocycles. The molecule has 3 rings (SSSR count). The second-order valence-corrected chi connectivity index (χ2v) is 5.37. The number of amides is 1. The van der Waals surface area contributed by atoms with Crippen LogP contribution in [-0.2, 0) is 7.05 Å². The van der Waals surface area contributed by atoms with Crippen LogP contribution in [0.5, 0.6) is 11.8 Å².